The van der Waals surface area contributed by atoms with Crippen molar-refractivity contribution in [3.63, 3.8) is 0 Å². The molecule has 0 aromatic rings. The first-order valence-corrected chi connectivity index (χ1v) is 7.37. The average molecular weight is 282 g/mol. The highest BCUT2D eigenvalue weighted by Crippen LogP contribution is 2.47. The second-order valence-corrected chi connectivity index (χ2v) is 6.72. The van der Waals surface area contributed by atoms with Gasteiger partial charge in [-0.2, -0.15) is 0 Å². The highest BCUT2D eigenvalue weighted by atomic mass is 16.6. The largest absolute Gasteiger partial charge is 0.466 e. The number of hydrogen-bond donors (Lipinski definition) is 0. The molecule has 0 aromatic carbocycles. The van der Waals surface area contributed by atoms with Gasteiger partial charge >= 0.3 is 5.97 Å². The third-order valence-corrected chi connectivity index (χ3v) is 4.47. The molecule has 0 spiro atoms. The number of methoxy groups -OCH3 is 1. The van der Waals surface area contributed by atoms with Crippen molar-refractivity contribution < 1.29 is 19.0 Å². The lowest BCUT2D eigenvalue weighted by atomic mass is 9.94. The van der Waals surface area contributed by atoms with Crippen LogP contribution in [0.15, 0.2) is 11.6 Å². The van der Waals surface area contributed by atoms with Gasteiger partial charge in [-0.1, -0.05) is 5.57 Å². The van der Waals surface area contributed by atoms with Crippen molar-refractivity contribution in [2.24, 2.45) is 0 Å². The Kier molecular flexibility index (Phi) is 4.26. The molecule has 3 atom stereocenters. The number of rotatable bonds is 7. The number of ether oxygens (including phenoxy) is 3. The van der Waals surface area contributed by atoms with Gasteiger partial charge in [0.25, 0.3) is 0 Å². The third-order valence-electron chi connectivity index (χ3n) is 4.47. The second kappa shape index (κ2) is 5.49. The summed E-state index contributed by atoms with van der Waals surface area (Å²) < 4.78 is 16.0. The molecule has 0 radical (unpaired) electrons. The van der Waals surface area contributed by atoms with Crippen LogP contribution < -0.4 is 0 Å². The number of epoxide rings is 2. The molecule has 2 saturated heterocycles. The molecular formula is C16H26O4. The van der Waals surface area contributed by atoms with E-state index in [1.807, 2.05) is 6.92 Å². The number of carbonyl (C=O) groups is 1. The van der Waals surface area contributed by atoms with Crippen LogP contribution >= 0.6 is 0 Å². The molecule has 114 valence electrons. The standard InChI is InChI=1S/C16H26O4/c1-11(10-14(17)18-5)6-7-13-16(4,20-13)9-8-12-15(2,3)19-12/h10,12-13H,6-9H2,1-5H3/b11-10+/t12-,13?,16-/m0/s1. The van der Waals surface area contributed by atoms with Crippen LogP contribution in [0.4, 0.5) is 0 Å². The maximum Gasteiger partial charge on any atom is 0.330 e. The van der Waals surface area contributed by atoms with E-state index in [0.717, 1.165) is 31.3 Å². The Balaban J connectivity index is 1.66. The fraction of sp³-hybridized carbons (Fsp3) is 0.812. The Bertz CT molecular complexity index is 413. The molecule has 0 bridgehead atoms. The van der Waals surface area contributed by atoms with Crippen LogP contribution in [0.2, 0.25) is 0 Å². The molecule has 2 rings (SSSR count). The minimum atomic E-state index is -0.282. The summed E-state index contributed by atoms with van der Waals surface area (Å²) in [5.74, 6) is -0.282. The van der Waals surface area contributed by atoms with Gasteiger partial charge < -0.3 is 14.2 Å². The highest BCUT2D eigenvalue weighted by molar-refractivity contribution is 5.82. The first kappa shape index (κ1) is 15.5. The van der Waals surface area contributed by atoms with E-state index < -0.39 is 0 Å². The van der Waals surface area contributed by atoms with Gasteiger partial charge in [0.15, 0.2) is 0 Å². The minimum Gasteiger partial charge on any atom is -0.466 e. The van der Waals surface area contributed by atoms with Crippen molar-refractivity contribution in [2.75, 3.05) is 7.11 Å². The van der Waals surface area contributed by atoms with Crippen molar-refractivity contribution >= 4 is 5.97 Å². The number of allylic oxidation sites excluding steroid dienone is 1. The summed E-state index contributed by atoms with van der Waals surface area (Å²) in [6.45, 7) is 8.39. The molecule has 20 heavy (non-hydrogen) atoms. The van der Waals surface area contributed by atoms with E-state index in [1.54, 1.807) is 6.08 Å². The summed E-state index contributed by atoms with van der Waals surface area (Å²) in [4.78, 5) is 11.1. The van der Waals surface area contributed by atoms with Gasteiger partial charge in [0.05, 0.1) is 30.5 Å². The summed E-state index contributed by atoms with van der Waals surface area (Å²) in [5, 5.41) is 0. The predicted molar refractivity (Wildman–Crippen MR) is 76.5 cm³/mol. The summed E-state index contributed by atoms with van der Waals surface area (Å²) in [5.41, 5.74) is 1.12. The molecule has 0 aromatic heterocycles. The highest BCUT2D eigenvalue weighted by Gasteiger charge is 2.54. The van der Waals surface area contributed by atoms with E-state index in [1.165, 1.54) is 7.11 Å². The van der Waals surface area contributed by atoms with Gasteiger partial charge in [0.1, 0.15) is 0 Å². The Morgan fingerprint density at radius 3 is 2.40 bits per heavy atom. The predicted octanol–water partition coefficient (Wildman–Crippen LogP) is 3.00. The summed E-state index contributed by atoms with van der Waals surface area (Å²) in [6, 6.07) is 0. The maximum atomic E-state index is 11.1. The van der Waals surface area contributed by atoms with Gasteiger partial charge in [-0.25, -0.2) is 4.79 Å². The van der Waals surface area contributed by atoms with Crippen molar-refractivity contribution in [2.45, 2.75) is 76.8 Å². The van der Waals surface area contributed by atoms with E-state index in [-0.39, 0.29) is 17.2 Å². The van der Waals surface area contributed by atoms with Crippen LogP contribution in [0.25, 0.3) is 0 Å². The normalized spacial score (nSPS) is 34.8. The topological polar surface area (TPSA) is 51.4 Å². The SMILES string of the molecule is COC(=O)/C=C(\C)CCC1O[C@@]1(C)CC[C@@H]1OC1(C)C. The molecule has 4 nitrogen and oxygen atoms in total. The van der Waals surface area contributed by atoms with Gasteiger partial charge in [-0.05, 0) is 53.4 Å². The van der Waals surface area contributed by atoms with Gasteiger partial charge in [0, 0.05) is 6.08 Å². The summed E-state index contributed by atoms with van der Waals surface area (Å²) in [7, 11) is 1.40. The first-order chi connectivity index (χ1) is 9.27. The van der Waals surface area contributed by atoms with E-state index >= 15 is 0 Å². The molecule has 0 amide bonds. The van der Waals surface area contributed by atoms with Gasteiger partial charge in [-0.3, -0.25) is 0 Å². The lowest BCUT2D eigenvalue weighted by molar-refractivity contribution is -0.134. The fourth-order valence-corrected chi connectivity index (χ4v) is 2.72. The number of esters is 1. The first-order valence-electron chi connectivity index (χ1n) is 7.37. The zero-order valence-corrected chi connectivity index (χ0v) is 13.2. The van der Waals surface area contributed by atoms with Crippen molar-refractivity contribution in [3.8, 4) is 0 Å². The van der Waals surface area contributed by atoms with Crippen molar-refractivity contribution in [3.05, 3.63) is 11.6 Å². The maximum absolute atomic E-state index is 11.1. The Morgan fingerprint density at radius 2 is 1.85 bits per heavy atom. The number of carbonyl (C=O) groups excluding carboxylic acids is 1. The monoisotopic (exact) mass is 282 g/mol. The van der Waals surface area contributed by atoms with Crippen LogP contribution in [0.3, 0.4) is 0 Å². The summed E-state index contributed by atoms with van der Waals surface area (Å²) in [6.07, 6.45) is 6.21. The van der Waals surface area contributed by atoms with Crippen LogP contribution in [0.5, 0.6) is 0 Å². The average Bonchev–Trinajstić information content (AvgIpc) is 3.21. The molecular weight excluding hydrogens is 256 g/mol. The Hall–Kier alpha value is -0.870. The minimum absolute atomic E-state index is 0.00752. The lowest BCUT2D eigenvalue weighted by Crippen LogP contribution is -2.13. The molecule has 2 aliphatic rings. The molecule has 0 N–H and O–H groups in total. The fourth-order valence-electron chi connectivity index (χ4n) is 2.72. The third kappa shape index (κ3) is 3.83. The lowest BCUT2D eigenvalue weighted by Gasteiger charge is -2.05. The van der Waals surface area contributed by atoms with Gasteiger partial charge in [0.2, 0.25) is 0 Å². The molecule has 0 saturated carbocycles. The number of hydrogen-bond acceptors (Lipinski definition) is 4. The molecule has 4 heteroatoms. The van der Waals surface area contributed by atoms with Gasteiger partial charge in [-0.15, -0.1) is 0 Å². The second-order valence-electron chi connectivity index (χ2n) is 6.72. The molecule has 2 heterocycles. The van der Waals surface area contributed by atoms with Crippen LogP contribution in [-0.4, -0.2) is 36.5 Å². The van der Waals surface area contributed by atoms with E-state index in [4.69, 9.17) is 9.47 Å². The van der Waals surface area contributed by atoms with E-state index in [0.29, 0.717) is 12.2 Å². The van der Waals surface area contributed by atoms with Crippen molar-refractivity contribution in [1.82, 2.24) is 0 Å². The van der Waals surface area contributed by atoms with Crippen LogP contribution in [-0.2, 0) is 19.0 Å². The van der Waals surface area contributed by atoms with E-state index in [2.05, 4.69) is 25.5 Å². The van der Waals surface area contributed by atoms with Crippen LogP contribution in [0.1, 0.15) is 53.4 Å². The molecule has 2 fully saturated rings. The van der Waals surface area contributed by atoms with Crippen molar-refractivity contribution in [1.29, 1.82) is 0 Å². The van der Waals surface area contributed by atoms with E-state index in [9.17, 15) is 4.79 Å². The summed E-state index contributed by atoms with van der Waals surface area (Å²) >= 11 is 0. The smallest absolute Gasteiger partial charge is 0.330 e. The Labute approximate surface area is 121 Å². The van der Waals surface area contributed by atoms with Crippen LogP contribution in [0, 0.1) is 0 Å². The zero-order valence-electron chi connectivity index (χ0n) is 13.2. The Morgan fingerprint density at radius 1 is 1.20 bits per heavy atom. The molecule has 0 aliphatic carbocycles. The quantitative estimate of drug-likeness (QED) is 0.409. The molecule has 1 unspecified atom stereocenters. The molecule has 2 aliphatic heterocycles. The zero-order chi connectivity index (χ0) is 15.0.